The van der Waals surface area contributed by atoms with Crippen LogP contribution in [0, 0.1) is 17.2 Å². The summed E-state index contributed by atoms with van der Waals surface area (Å²) in [7, 11) is -17.0. The van der Waals surface area contributed by atoms with Crippen LogP contribution in [0.3, 0.4) is 0 Å². The number of aliphatic hydroxyl groups excluding tert-OH is 1. The van der Waals surface area contributed by atoms with Crippen molar-refractivity contribution in [3.05, 3.63) is 22.6 Å². The van der Waals surface area contributed by atoms with E-state index in [0.29, 0.717) is 0 Å². The van der Waals surface area contributed by atoms with E-state index < -0.39 is 65.6 Å². The molecule has 3 heterocycles. The number of aliphatic hydroxyl groups is 2. The fraction of sp³-hybridized carbons (Fsp3) is 0.467. The number of hydrogen-bond donors (Lipinski definition) is 8. The number of hydrogen-bond acceptors (Lipinski definition) is 12. The maximum absolute atomic E-state index is 12.3. The third-order valence-electron chi connectivity index (χ3n) is 5.10. The van der Waals surface area contributed by atoms with Crippen molar-refractivity contribution in [1.29, 1.82) is 0 Å². The molecule has 2 aromatic heterocycles. The molecule has 1 aliphatic rings. The number of nitrogens with zero attached hydrogens (tertiary/aromatic N) is 2. The first-order valence-electron chi connectivity index (χ1n) is 9.73. The maximum Gasteiger partial charge on any atom is 0.490 e. The Bertz CT molecular complexity index is 1450. The van der Waals surface area contributed by atoms with Gasteiger partial charge >= 0.3 is 23.5 Å². The van der Waals surface area contributed by atoms with Crippen molar-refractivity contribution in [2.24, 2.45) is 5.92 Å². The van der Waals surface area contributed by atoms with Crippen LogP contribution in [-0.4, -0.2) is 68.7 Å². The van der Waals surface area contributed by atoms with Gasteiger partial charge in [0.25, 0.3) is 5.56 Å². The molecule has 18 nitrogen and oxygen atoms in total. The Morgan fingerprint density at radius 3 is 2.51 bits per heavy atom. The van der Waals surface area contributed by atoms with E-state index >= 15 is 0 Å². The molecule has 37 heavy (non-hydrogen) atoms. The van der Waals surface area contributed by atoms with Crippen molar-refractivity contribution in [2.45, 2.75) is 31.0 Å². The number of nitrogen functional groups attached to an aromatic ring is 1. The SMILES string of the molecule is C[C@H](OP(=O)(O)OP(=O)(O)OP(=O)(O)O)[C@H]1O[C@@H](n2ccc3c(=O)[nH]c(N)nc32)C(O)(C#CCl)C1CO. The van der Waals surface area contributed by atoms with Crippen molar-refractivity contribution in [3.63, 3.8) is 0 Å². The summed E-state index contributed by atoms with van der Waals surface area (Å²) in [5.41, 5.74) is 2.57. The van der Waals surface area contributed by atoms with E-state index in [9.17, 15) is 38.5 Å². The van der Waals surface area contributed by atoms with Crippen LogP contribution in [0.25, 0.3) is 11.0 Å². The number of rotatable bonds is 9. The molecular weight excluding hydrogens is 589 g/mol. The summed E-state index contributed by atoms with van der Waals surface area (Å²) in [5.74, 6) is 0.570. The van der Waals surface area contributed by atoms with Crippen molar-refractivity contribution >= 4 is 52.1 Å². The summed E-state index contributed by atoms with van der Waals surface area (Å²) >= 11 is 5.52. The predicted octanol–water partition coefficient (Wildman–Crippen LogP) is -0.525. The molecular formula is C15H20ClN4O14P3. The van der Waals surface area contributed by atoms with Crippen LogP contribution in [-0.2, 0) is 31.6 Å². The van der Waals surface area contributed by atoms with E-state index in [1.54, 1.807) is 0 Å². The smallest absolute Gasteiger partial charge is 0.396 e. The largest absolute Gasteiger partial charge is 0.490 e. The summed E-state index contributed by atoms with van der Waals surface area (Å²) < 4.78 is 53.7. The van der Waals surface area contributed by atoms with Crippen LogP contribution in [0.15, 0.2) is 17.1 Å². The number of anilines is 1. The minimum Gasteiger partial charge on any atom is -0.396 e. The van der Waals surface area contributed by atoms with E-state index in [2.05, 4.69) is 24.5 Å². The van der Waals surface area contributed by atoms with E-state index in [-0.39, 0.29) is 17.0 Å². The number of H-pyrrole nitrogens is 1. The highest BCUT2D eigenvalue weighted by Gasteiger charge is 2.58. The first-order valence-corrected chi connectivity index (χ1v) is 14.6. The highest BCUT2D eigenvalue weighted by molar-refractivity contribution is 7.66. The molecule has 0 amide bonds. The minimum absolute atomic E-state index is 0.0318. The monoisotopic (exact) mass is 608 g/mol. The second kappa shape index (κ2) is 10.5. The van der Waals surface area contributed by atoms with Gasteiger partial charge in [0.2, 0.25) is 5.95 Å². The van der Waals surface area contributed by atoms with E-state index in [1.165, 1.54) is 12.3 Å². The van der Waals surface area contributed by atoms with Gasteiger partial charge in [-0.25, -0.2) is 13.7 Å². The molecule has 3 rings (SSSR count). The topological polar surface area (TPSA) is 286 Å². The molecule has 0 aromatic carbocycles. The Hall–Kier alpha value is -1.64. The second-order valence-electron chi connectivity index (χ2n) is 7.60. The van der Waals surface area contributed by atoms with Crippen LogP contribution in [0.5, 0.6) is 0 Å². The molecule has 4 unspecified atom stereocenters. The number of fused-ring (bicyclic) bond motifs is 1. The molecule has 0 bridgehead atoms. The molecule has 0 spiro atoms. The number of nitrogens with two attached hydrogens (primary N) is 1. The second-order valence-corrected chi connectivity index (χ2v) is 12.2. The Labute approximate surface area is 211 Å². The lowest BCUT2D eigenvalue weighted by Crippen LogP contribution is -2.45. The van der Waals surface area contributed by atoms with Crippen LogP contribution < -0.4 is 11.3 Å². The quantitative estimate of drug-likeness (QED) is 0.131. The van der Waals surface area contributed by atoms with Gasteiger partial charge in [0.15, 0.2) is 17.5 Å². The molecule has 1 fully saturated rings. The zero-order valence-electron chi connectivity index (χ0n) is 18.3. The first kappa shape index (κ1) is 29.9. The highest BCUT2D eigenvalue weighted by atomic mass is 35.5. The van der Waals surface area contributed by atoms with Crippen LogP contribution in [0.2, 0.25) is 0 Å². The zero-order chi connectivity index (χ0) is 28.0. The summed E-state index contributed by atoms with van der Waals surface area (Å²) in [6.45, 7) is 0.208. The average molecular weight is 609 g/mol. The standard InChI is InChI=1S/C15H20ClN4O14P3/c1-7(32-36(27,28)34-37(29,30)33-35(24,25)26)10-9(6-21)15(23,3-4-16)13(31-10)20-5-2-8-11(20)18-14(17)19-12(8)22/h2,5,7,9-10,13,21,23H,6H2,1H3,(H,27,28)(H,29,30)(H2,24,25,26)(H3,17,18,19,22)/t7-,9?,10+,13+,15?/m0/s1. The van der Waals surface area contributed by atoms with Gasteiger partial charge < -0.3 is 44.8 Å². The van der Waals surface area contributed by atoms with Crippen LogP contribution >= 0.6 is 35.1 Å². The van der Waals surface area contributed by atoms with Crippen LogP contribution in [0.4, 0.5) is 5.95 Å². The number of phosphoric ester groups is 1. The lowest BCUT2D eigenvalue weighted by atomic mass is 9.84. The third-order valence-corrected chi connectivity index (χ3v) is 9.12. The van der Waals surface area contributed by atoms with Gasteiger partial charge in [0.05, 0.1) is 30.1 Å². The molecule has 2 aromatic rings. The first-order chi connectivity index (χ1) is 16.9. The highest BCUT2D eigenvalue weighted by Crippen LogP contribution is 2.67. The van der Waals surface area contributed by atoms with Gasteiger partial charge in [-0.15, -0.1) is 0 Å². The van der Waals surface area contributed by atoms with Crippen molar-refractivity contribution in [3.8, 4) is 11.3 Å². The summed E-state index contributed by atoms with van der Waals surface area (Å²) in [6, 6.07) is 1.31. The Morgan fingerprint density at radius 1 is 1.30 bits per heavy atom. The summed E-state index contributed by atoms with van der Waals surface area (Å²) in [4.78, 5) is 54.9. The number of aromatic nitrogens is 3. The normalized spacial score (nSPS) is 28.3. The average Bonchev–Trinajstić information content (AvgIpc) is 3.23. The van der Waals surface area contributed by atoms with Gasteiger partial charge in [0.1, 0.15) is 0 Å². The molecule has 206 valence electrons. The number of phosphoric acid groups is 3. The van der Waals surface area contributed by atoms with E-state index in [1.807, 2.05) is 5.38 Å². The zero-order valence-corrected chi connectivity index (χ0v) is 21.8. The molecule has 1 aliphatic heterocycles. The summed E-state index contributed by atoms with van der Waals surface area (Å²) in [6.07, 6.45) is -3.44. The predicted molar refractivity (Wildman–Crippen MR) is 122 cm³/mol. The molecule has 0 radical (unpaired) electrons. The van der Waals surface area contributed by atoms with Gasteiger partial charge in [-0.05, 0) is 30.5 Å². The molecule has 0 saturated carbocycles. The Morgan fingerprint density at radius 2 is 1.95 bits per heavy atom. The fourth-order valence-electron chi connectivity index (χ4n) is 3.79. The minimum atomic E-state index is -5.81. The van der Waals surface area contributed by atoms with Crippen LogP contribution in [0.1, 0.15) is 13.2 Å². The van der Waals surface area contributed by atoms with E-state index in [0.717, 1.165) is 11.5 Å². The number of nitrogens with one attached hydrogen (secondary N) is 1. The maximum atomic E-state index is 12.3. The number of halogens is 1. The molecule has 7 atom stereocenters. The number of ether oxygens (including phenoxy) is 1. The Kier molecular flexibility index (Phi) is 8.48. The lowest BCUT2D eigenvalue weighted by Gasteiger charge is -2.29. The van der Waals surface area contributed by atoms with Gasteiger partial charge in [-0.2, -0.15) is 13.6 Å². The third kappa shape index (κ3) is 6.51. The van der Waals surface area contributed by atoms with Crippen molar-refractivity contribution in [1.82, 2.24) is 14.5 Å². The van der Waals surface area contributed by atoms with Crippen molar-refractivity contribution < 1.29 is 61.4 Å². The molecule has 22 heteroatoms. The molecule has 9 N–H and O–H groups in total. The fourth-order valence-corrected chi connectivity index (χ4v) is 7.14. The lowest BCUT2D eigenvalue weighted by molar-refractivity contribution is -0.0828. The number of aromatic amines is 1. The van der Waals surface area contributed by atoms with Gasteiger partial charge in [0, 0.05) is 11.6 Å². The van der Waals surface area contributed by atoms with E-state index in [4.69, 9.17) is 36.4 Å². The molecule has 1 saturated heterocycles. The Balaban J connectivity index is 1.97. The van der Waals surface area contributed by atoms with Gasteiger partial charge in [-0.1, -0.05) is 0 Å². The summed E-state index contributed by atoms with van der Waals surface area (Å²) in [5, 5.41) is 23.4. The molecule has 0 aliphatic carbocycles. The van der Waals surface area contributed by atoms with Crippen molar-refractivity contribution in [2.75, 3.05) is 12.3 Å². The van der Waals surface area contributed by atoms with Gasteiger partial charge in [-0.3, -0.25) is 14.3 Å².